The Kier molecular flexibility index (Phi) is 3.10. The summed E-state index contributed by atoms with van der Waals surface area (Å²) in [6, 6.07) is 21.4. The van der Waals surface area contributed by atoms with Crippen LogP contribution in [-0.2, 0) is 0 Å². The maximum Gasteiger partial charge on any atom is 0.0209 e. The first-order valence-corrected chi connectivity index (χ1v) is 7.63. The van der Waals surface area contributed by atoms with Gasteiger partial charge in [0.1, 0.15) is 0 Å². The molecule has 0 aliphatic rings. The highest BCUT2D eigenvalue weighted by atomic mass is 31.1. The topological polar surface area (TPSA) is 0 Å². The van der Waals surface area contributed by atoms with Gasteiger partial charge in [0.2, 0.25) is 0 Å². The molecule has 0 radical (unpaired) electrons. The fraction of sp³-hybridized carbons (Fsp3) is 0. The largest absolute Gasteiger partial charge is 0.126 e. The molecule has 1 atom stereocenters. The average molecular weight is 254 g/mol. The summed E-state index contributed by atoms with van der Waals surface area (Å²) in [7, 11) is 2.18. The van der Waals surface area contributed by atoms with Crippen LogP contribution in [0.25, 0.3) is 21.7 Å². The molecule has 0 N–H and O–H groups in total. The third kappa shape index (κ3) is 2.20. The van der Waals surface area contributed by atoms with Gasteiger partial charge in [0.05, 0.1) is 0 Å². The van der Waals surface area contributed by atoms with Crippen LogP contribution >= 0.6 is 16.4 Å². The zero-order valence-corrected chi connectivity index (χ0v) is 11.2. The molecule has 0 nitrogen and oxygen atoms in total. The summed E-state index contributed by atoms with van der Waals surface area (Å²) >= 11 is 0. The molecule has 0 aliphatic carbocycles. The van der Waals surface area contributed by atoms with Gasteiger partial charge in [-0.15, -0.1) is 8.19 Å². The van der Waals surface area contributed by atoms with Crippen LogP contribution in [0.4, 0.5) is 0 Å². The van der Waals surface area contributed by atoms with Crippen molar-refractivity contribution >= 4 is 16.4 Å². The molecule has 0 bridgehead atoms. The first-order chi connectivity index (χ1) is 8.45. The van der Waals surface area contributed by atoms with Crippen LogP contribution < -0.4 is 0 Å². The molecule has 17 heavy (non-hydrogen) atoms. The van der Waals surface area contributed by atoms with Gasteiger partial charge in [0, 0.05) is 10.6 Å². The van der Waals surface area contributed by atoms with E-state index in [-0.39, 0.29) is 0 Å². The van der Waals surface area contributed by atoms with Crippen LogP contribution in [0, 0.1) is 0 Å². The Hall–Kier alpha value is -1.35. The van der Waals surface area contributed by atoms with E-state index < -0.39 is 0 Å². The van der Waals surface area contributed by atoms with Crippen molar-refractivity contribution in [3.8, 4) is 21.7 Å². The van der Waals surface area contributed by atoms with E-state index in [0.29, 0.717) is 0 Å². The predicted molar refractivity (Wildman–Crippen MR) is 79.3 cm³/mol. The van der Waals surface area contributed by atoms with E-state index in [1.54, 1.807) is 0 Å². The molecule has 0 aliphatic heterocycles. The molecule has 82 valence electrons. The highest BCUT2D eigenvalue weighted by Gasteiger charge is 2.07. The van der Waals surface area contributed by atoms with E-state index in [9.17, 15) is 0 Å². The standard InChI is InChI=1S/C15H12P2/c1-3-7-12(8-4-1)14-15(17-11-16-14)13-9-5-2-6-10-13/h1-11,16H. The molecule has 0 spiro atoms. The van der Waals surface area contributed by atoms with Gasteiger partial charge >= 0.3 is 0 Å². The minimum atomic E-state index is 0.825. The predicted octanol–water partition coefficient (Wildman–Crippen LogP) is 5.63. The number of hydrogen-bond donors (Lipinski definition) is 0. The van der Waals surface area contributed by atoms with E-state index in [4.69, 9.17) is 0 Å². The highest BCUT2D eigenvalue weighted by Crippen LogP contribution is 2.45. The summed E-state index contributed by atoms with van der Waals surface area (Å²) in [5.74, 6) is 0. The Balaban J connectivity index is 2.13. The molecule has 0 saturated heterocycles. The highest BCUT2D eigenvalue weighted by molar-refractivity contribution is 7.51. The number of rotatable bonds is 2. The van der Waals surface area contributed by atoms with Gasteiger partial charge in [-0.1, -0.05) is 68.9 Å². The van der Waals surface area contributed by atoms with Gasteiger partial charge in [-0.25, -0.2) is 0 Å². The van der Waals surface area contributed by atoms with Crippen LogP contribution in [-0.4, -0.2) is 0 Å². The molecular weight excluding hydrogens is 242 g/mol. The lowest BCUT2D eigenvalue weighted by atomic mass is 10.1. The Bertz CT molecular complexity index is 543. The first-order valence-electron chi connectivity index (χ1n) is 5.59. The van der Waals surface area contributed by atoms with E-state index in [1.165, 1.54) is 29.9 Å². The van der Waals surface area contributed by atoms with E-state index >= 15 is 0 Å². The third-order valence-electron chi connectivity index (χ3n) is 2.75. The van der Waals surface area contributed by atoms with Crippen LogP contribution in [0.5, 0.6) is 0 Å². The van der Waals surface area contributed by atoms with E-state index in [1.807, 2.05) is 0 Å². The lowest BCUT2D eigenvalue weighted by Crippen LogP contribution is -1.75. The molecule has 3 aromatic rings. The monoisotopic (exact) mass is 254 g/mol. The zero-order chi connectivity index (χ0) is 11.5. The molecule has 0 amide bonds. The number of hydrogen-bond acceptors (Lipinski definition) is 0. The maximum atomic E-state index is 2.37. The van der Waals surface area contributed by atoms with Crippen molar-refractivity contribution in [3.05, 3.63) is 66.2 Å². The molecule has 1 aromatic heterocycles. The van der Waals surface area contributed by atoms with Crippen LogP contribution in [0.2, 0.25) is 0 Å². The molecule has 0 saturated carbocycles. The minimum Gasteiger partial charge on any atom is -0.126 e. The summed E-state index contributed by atoms with van der Waals surface area (Å²) in [6.45, 7) is 0. The second kappa shape index (κ2) is 4.88. The minimum absolute atomic E-state index is 0.825. The third-order valence-corrected chi connectivity index (χ3v) is 5.56. The van der Waals surface area contributed by atoms with Gasteiger partial charge in [-0.2, -0.15) is 0 Å². The normalized spacial score (nSPS) is 11.3. The van der Waals surface area contributed by atoms with Crippen molar-refractivity contribution in [1.29, 1.82) is 0 Å². The summed E-state index contributed by atoms with van der Waals surface area (Å²) in [5.41, 5.74) is 5.09. The summed E-state index contributed by atoms with van der Waals surface area (Å²) < 4.78 is 0. The summed E-state index contributed by atoms with van der Waals surface area (Å²) in [4.78, 5) is 0. The Morgan fingerprint density at radius 1 is 0.706 bits per heavy atom. The quantitative estimate of drug-likeness (QED) is 0.555. The van der Waals surface area contributed by atoms with Gasteiger partial charge in [-0.3, -0.25) is 0 Å². The fourth-order valence-corrected chi connectivity index (χ4v) is 4.78. The van der Waals surface area contributed by atoms with Crippen LogP contribution in [0.15, 0.2) is 66.2 Å². The Morgan fingerprint density at radius 3 is 1.94 bits per heavy atom. The zero-order valence-electron chi connectivity index (χ0n) is 9.30. The smallest absolute Gasteiger partial charge is 0.0209 e. The SMILES string of the molecule is c1ccc(-c2pc[pH]c2-c2ccccc2)cc1. The van der Waals surface area contributed by atoms with Crippen molar-refractivity contribution < 1.29 is 0 Å². The Labute approximate surface area is 105 Å². The molecule has 1 heterocycles. The first kappa shape index (κ1) is 10.8. The number of benzene rings is 2. The average Bonchev–Trinajstić information content (AvgIpc) is 2.90. The maximum absolute atomic E-state index is 2.37. The van der Waals surface area contributed by atoms with Gasteiger partial charge in [-0.05, 0) is 16.7 Å². The van der Waals surface area contributed by atoms with Crippen LogP contribution in [0.3, 0.4) is 0 Å². The molecule has 0 fully saturated rings. The summed E-state index contributed by atoms with van der Waals surface area (Å²) in [6.07, 6.45) is 0. The van der Waals surface area contributed by atoms with Gasteiger partial charge < -0.3 is 0 Å². The van der Waals surface area contributed by atoms with Crippen molar-refractivity contribution in [3.63, 3.8) is 0 Å². The lowest BCUT2D eigenvalue weighted by Gasteiger charge is -2.04. The molecule has 2 heteroatoms. The van der Waals surface area contributed by atoms with Crippen molar-refractivity contribution in [2.45, 2.75) is 0 Å². The second-order valence-corrected chi connectivity index (χ2v) is 6.39. The van der Waals surface area contributed by atoms with E-state index in [2.05, 4.69) is 66.2 Å². The molecular formula is C15H12P2. The van der Waals surface area contributed by atoms with E-state index in [0.717, 1.165) is 8.19 Å². The van der Waals surface area contributed by atoms with Crippen molar-refractivity contribution in [1.82, 2.24) is 0 Å². The van der Waals surface area contributed by atoms with Gasteiger partial charge in [0.25, 0.3) is 0 Å². The van der Waals surface area contributed by atoms with Gasteiger partial charge in [0.15, 0.2) is 0 Å². The Morgan fingerprint density at radius 2 is 1.29 bits per heavy atom. The van der Waals surface area contributed by atoms with Crippen molar-refractivity contribution in [2.24, 2.45) is 0 Å². The summed E-state index contributed by atoms with van der Waals surface area (Å²) in [5, 5.41) is 2.97. The van der Waals surface area contributed by atoms with Crippen LogP contribution in [0.1, 0.15) is 0 Å². The lowest BCUT2D eigenvalue weighted by molar-refractivity contribution is 1.68. The second-order valence-electron chi connectivity index (χ2n) is 3.86. The molecule has 2 aromatic carbocycles. The van der Waals surface area contributed by atoms with Crippen molar-refractivity contribution in [2.75, 3.05) is 0 Å². The fourth-order valence-electron chi connectivity index (χ4n) is 1.93. The molecule has 1 unspecified atom stereocenters. The molecule has 3 rings (SSSR count).